The first-order valence-electron chi connectivity index (χ1n) is 11.0. The number of amides is 1. The minimum absolute atomic E-state index is 0. The zero-order valence-electron chi connectivity index (χ0n) is 20.5. The lowest BCUT2D eigenvalue weighted by molar-refractivity contribution is -0.114. The normalized spacial score (nSPS) is 11.1. The molecule has 0 N–H and O–H groups in total. The number of likely N-dealkylation sites (N-methyl/N-ethyl adjacent to an activating group) is 1. The Morgan fingerprint density at radius 2 is 1.69 bits per heavy atom. The van der Waals surface area contributed by atoms with Gasteiger partial charge in [-0.1, -0.05) is 36.8 Å². The molecule has 0 fully saturated rings. The van der Waals surface area contributed by atoms with Gasteiger partial charge in [0.2, 0.25) is 5.75 Å². The summed E-state index contributed by atoms with van der Waals surface area (Å²) in [7, 11) is 4.67. The van der Waals surface area contributed by atoms with Gasteiger partial charge in [0, 0.05) is 24.2 Å². The van der Waals surface area contributed by atoms with Crippen molar-refractivity contribution in [3.05, 3.63) is 47.0 Å². The van der Waals surface area contributed by atoms with Gasteiger partial charge in [0.25, 0.3) is 5.91 Å². The molecule has 1 heterocycles. The quantitative estimate of drug-likeness (QED) is 0.287. The number of anilines is 1. The van der Waals surface area contributed by atoms with Crippen LogP contribution in [0.5, 0.6) is 17.2 Å². The van der Waals surface area contributed by atoms with Crippen LogP contribution in [0.2, 0.25) is 5.02 Å². The van der Waals surface area contributed by atoms with Crippen LogP contribution in [0.3, 0.4) is 0 Å². The third-order valence-electron chi connectivity index (χ3n) is 5.48. The van der Waals surface area contributed by atoms with E-state index in [0.717, 1.165) is 35.4 Å². The highest BCUT2D eigenvalue weighted by atomic mass is 35.5. The Bertz CT molecular complexity index is 1140. The lowest BCUT2D eigenvalue weighted by Crippen LogP contribution is -2.38. The minimum atomic E-state index is -0.161. The zero-order chi connectivity index (χ0) is 24.7. The molecule has 3 rings (SSSR count). The number of nitrogens with zero attached hydrogens (tertiary/aromatic N) is 3. The van der Waals surface area contributed by atoms with Gasteiger partial charge in [-0.2, -0.15) is 0 Å². The van der Waals surface area contributed by atoms with Gasteiger partial charge in [0.05, 0.1) is 31.5 Å². The monoisotopic (exact) mass is 539 g/mol. The maximum atomic E-state index is 13.4. The maximum Gasteiger partial charge on any atom is 0.252 e. The van der Waals surface area contributed by atoms with E-state index in [0.29, 0.717) is 33.9 Å². The Labute approximate surface area is 221 Å². The van der Waals surface area contributed by atoms with Crippen molar-refractivity contribution in [1.82, 2.24) is 9.88 Å². The average Bonchev–Trinajstić information content (AvgIpc) is 3.27. The number of rotatable bonds is 11. The van der Waals surface area contributed by atoms with Crippen molar-refractivity contribution in [2.24, 2.45) is 0 Å². The van der Waals surface area contributed by atoms with Crippen LogP contribution in [0.1, 0.15) is 19.4 Å². The molecule has 0 atom stereocenters. The largest absolute Gasteiger partial charge is 0.493 e. The van der Waals surface area contributed by atoms with E-state index in [2.05, 4.69) is 18.7 Å². The number of benzene rings is 2. The smallest absolute Gasteiger partial charge is 0.252 e. The van der Waals surface area contributed by atoms with Gasteiger partial charge < -0.3 is 19.1 Å². The van der Waals surface area contributed by atoms with Crippen LogP contribution < -0.4 is 19.1 Å². The van der Waals surface area contributed by atoms with Crippen molar-refractivity contribution in [3.8, 4) is 17.2 Å². The summed E-state index contributed by atoms with van der Waals surface area (Å²) in [6.45, 7) is 7.31. The fourth-order valence-corrected chi connectivity index (χ4v) is 4.81. The van der Waals surface area contributed by atoms with Crippen LogP contribution in [0.15, 0.2) is 36.4 Å². The zero-order valence-corrected chi connectivity index (χ0v) is 22.9. The molecule has 35 heavy (non-hydrogen) atoms. The molecule has 2 aromatic carbocycles. The molecular weight excluding hydrogens is 509 g/mol. The molecule has 0 saturated carbocycles. The summed E-state index contributed by atoms with van der Waals surface area (Å²) in [4.78, 5) is 22.0. The van der Waals surface area contributed by atoms with E-state index in [1.165, 1.54) is 11.3 Å². The van der Waals surface area contributed by atoms with Gasteiger partial charge in [-0.15, -0.1) is 12.4 Å². The molecule has 10 heteroatoms. The number of hydrogen-bond acceptors (Lipinski definition) is 7. The summed E-state index contributed by atoms with van der Waals surface area (Å²) in [5.41, 5.74) is 1.57. The molecule has 190 valence electrons. The number of carbonyl (C=O) groups excluding carboxylic acids is 1. The second-order valence-corrected chi connectivity index (χ2v) is 8.86. The van der Waals surface area contributed by atoms with E-state index in [-0.39, 0.29) is 18.3 Å². The van der Waals surface area contributed by atoms with Crippen molar-refractivity contribution in [2.45, 2.75) is 13.8 Å². The number of carbonyl (C=O) groups is 1. The van der Waals surface area contributed by atoms with Gasteiger partial charge in [-0.25, -0.2) is 4.98 Å². The van der Waals surface area contributed by atoms with E-state index < -0.39 is 0 Å². The molecule has 0 spiro atoms. The van der Waals surface area contributed by atoms with E-state index in [1.54, 1.807) is 56.6 Å². The summed E-state index contributed by atoms with van der Waals surface area (Å²) < 4.78 is 17.2. The molecular formula is C25H31Cl2N3O4S. The second-order valence-electron chi connectivity index (χ2n) is 7.42. The van der Waals surface area contributed by atoms with Crippen molar-refractivity contribution in [2.75, 3.05) is 52.4 Å². The summed E-state index contributed by atoms with van der Waals surface area (Å²) in [6, 6.07) is 9.14. The second kappa shape index (κ2) is 13.5. The van der Waals surface area contributed by atoms with E-state index in [4.69, 9.17) is 30.8 Å². The highest BCUT2D eigenvalue weighted by Gasteiger charge is 2.19. The van der Waals surface area contributed by atoms with Gasteiger partial charge >= 0.3 is 0 Å². The van der Waals surface area contributed by atoms with Crippen molar-refractivity contribution in [3.63, 3.8) is 0 Å². The molecule has 1 amide bonds. The van der Waals surface area contributed by atoms with Crippen LogP contribution in [0.25, 0.3) is 16.3 Å². The predicted octanol–water partition coefficient (Wildman–Crippen LogP) is 5.79. The minimum Gasteiger partial charge on any atom is -0.493 e. The van der Waals surface area contributed by atoms with Gasteiger partial charge in [0.1, 0.15) is 0 Å². The lowest BCUT2D eigenvalue weighted by atomic mass is 10.1. The fraction of sp³-hybridized carbons (Fsp3) is 0.360. The van der Waals surface area contributed by atoms with Gasteiger partial charge in [0.15, 0.2) is 16.6 Å². The molecule has 0 saturated heterocycles. The van der Waals surface area contributed by atoms with Crippen molar-refractivity contribution in [1.29, 1.82) is 0 Å². The molecule has 0 bridgehead atoms. The summed E-state index contributed by atoms with van der Waals surface area (Å²) in [6.07, 6.45) is 3.28. The third-order valence-corrected chi connectivity index (χ3v) is 6.75. The third kappa shape index (κ3) is 7.01. The van der Waals surface area contributed by atoms with Gasteiger partial charge in [-0.3, -0.25) is 9.69 Å². The Balaban J connectivity index is 0.00000432. The van der Waals surface area contributed by atoms with Crippen LogP contribution >= 0.6 is 35.3 Å². The molecule has 0 unspecified atom stereocenters. The molecule has 0 aliphatic rings. The maximum absolute atomic E-state index is 13.4. The Hall–Kier alpha value is -2.52. The molecule has 0 aliphatic carbocycles. The number of aromatic nitrogens is 1. The first-order chi connectivity index (χ1) is 16.4. The summed E-state index contributed by atoms with van der Waals surface area (Å²) in [5.74, 6) is 1.39. The molecule has 3 aromatic rings. The molecule has 7 nitrogen and oxygen atoms in total. The number of halogens is 2. The number of thiazole rings is 1. The van der Waals surface area contributed by atoms with E-state index >= 15 is 0 Å². The standard InChI is InChI=1S/C25H30ClN3O4S.ClH/c1-6-28(7-2)12-13-29(25-27-19-10-9-18(26)16-22(19)34-25)23(30)11-8-17-14-20(31-3)24(33-5)21(15-17)32-4;/h8-11,14-16H,6-7,12-13H2,1-5H3;1H. The first-order valence-corrected chi connectivity index (χ1v) is 12.2. The topological polar surface area (TPSA) is 64.1 Å². The van der Waals surface area contributed by atoms with Crippen LogP contribution in [0.4, 0.5) is 5.13 Å². The predicted molar refractivity (Wildman–Crippen MR) is 147 cm³/mol. The average molecular weight is 541 g/mol. The fourth-order valence-electron chi connectivity index (χ4n) is 3.54. The number of hydrogen-bond donors (Lipinski definition) is 0. The number of ether oxygens (including phenoxy) is 3. The van der Waals surface area contributed by atoms with Crippen LogP contribution in [0, 0.1) is 0 Å². The van der Waals surface area contributed by atoms with Crippen molar-refractivity contribution < 1.29 is 19.0 Å². The molecule has 0 radical (unpaired) electrons. The summed E-state index contributed by atoms with van der Waals surface area (Å²) in [5, 5.41) is 1.29. The van der Waals surface area contributed by atoms with E-state index in [1.807, 2.05) is 12.1 Å². The Morgan fingerprint density at radius 1 is 1.03 bits per heavy atom. The number of fused-ring (bicyclic) bond motifs is 1. The van der Waals surface area contributed by atoms with Gasteiger partial charge in [-0.05, 0) is 55.1 Å². The lowest BCUT2D eigenvalue weighted by Gasteiger charge is -2.23. The number of methoxy groups -OCH3 is 3. The SMILES string of the molecule is CCN(CC)CCN(C(=O)C=Cc1cc(OC)c(OC)c(OC)c1)c1nc2ccc(Cl)cc2s1.Cl. The molecule has 1 aromatic heterocycles. The highest BCUT2D eigenvalue weighted by Crippen LogP contribution is 2.38. The van der Waals surface area contributed by atoms with E-state index in [9.17, 15) is 4.79 Å². The van der Waals surface area contributed by atoms with Crippen LogP contribution in [-0.2, 0) is 4.79 Å². The van der Waals surface area contributed by atoms with Crippen molar-refractivity contribution >= 4 is 62.7 Å². The summed E-state index contributed by atoms with van der Waals surface area (Å²) >= 11 is 7.60. The highest BCUT2D eigenvalue weighted by molar-refractivity contribution is 7.22. The molecule has 0 aliphatic heterocycles. The van der Waals surface area contributed by atoms with Crippen LogP contribution in [-0.4, -0.2) is 63.3 Å². The Morgan fingerprint density at radius 3 is 2.26 bits per heavy atom. The Kier molecular flexibility index (Phi) is 11.1. The first kappa shape index (κ1) is 28.7.